The third kappa shape index (κ3) is 3.24. The van der Waals surface area contributed by atoms with Crippen LogP contribution in [0.4, 0.5) is 5.82 Å². The van der Waals surface area contributed by atoms with E-state index in [1.54, 1.807) is 0 Å². The van der Waals surface area contributed by atoms with Crippen LogP contribution in [0.5, 0.6) is 0 Å². The molecule has 2 saturated carbocycles. The summed E-state index contributed by atoms with van der Waals surface area (Å²) in [6.07, 6.45) is 7.32. The molecule has 0 amide bonds. The van der Waals surface area contributed by atoms with Gasteiger partial charge in [0.25, 0.3) is 0 Å². The first-order chi connectivity index (χ1) is 10.2. The van der Waals surface area contributed by atoms with Gasteiger partial charge in [-0.2, -0.15) is 5.10 Å². The predicted molar refractivity (Wildman–Crippen MR) is 84.5 cm³/mol. The smallest absolute Gasteiger partial charge is 0.131 e. The third-order valence-electron chi connectivity index (χ3n) is 4.80. The maximum atomic E-state index is 9.20. The van der Waals surface area contributed by atoms with Crippen LogP contribution in [0.3, 0.4) is 0 Å². The van der Waals surface area contributed by atoms with E-state index in [0.717, 1.165) is 25.2 Å². The molecule has 0 bridgehead atoms. The van der Waals surface area contributed by atoms with Crippen LogP contribution in [-0.2, 0) is 13.6 Å². The summed E-state index contributed by atoms with van der Waals surface area (Å²) in [6.45, 7) is 4.21. The first kappa shape index (κ1) is 14.9. The monoisotopic (exact) mass is 292 g/mol. The number of aliphatic hydroxyl groups is 1. The van der Waals surface area contributed by atoms with Crippen molar-refractivity contribution in [3.8, 4) is 0 Å². The number of nitrogens with zero attached hydrogens (tertiary/aromatic N) is 3. The topological polar surface area (TPSA) is 53.3 Å². The molecule has 0 aliphatic heterocycles. The van der Waals surface area contributed by atoms with Crippen molar-refractivity contribution in [1.82, 2.24) is 15.1 Å². The molecule has 21 heavy (non-hydrogen) atoms. The lowest BCUT2D eigenvalue weighted by atomic mass is 9.91. The van der Waals surface area contributed by atoms with Gasteiger partial charge in [-0.3, -0.25) is 4.68 Å². The van der Waals surface area contributed by atoms with Crippen molar-refractivity contribution < 1.29 is 5.11 Å². The summed E-state index contributed by atoms with van der Waals surface area (Å²) in [5.74, 6) is 1.26. The molecule has 0 aromatic carbocycles. The van der Waals surface area contributed by atoms with E-state index in [1.165, 1.54) is 43.5 Å². The zero-order valence-electron chi connectivity index (χ0n) is 13.3. The van der Waals surface area contributed by atoms with Crippen LogP contribution < -0.4 is 10.2 Å². The number of nitrogens with one attached hydrogen (secondary N) is 1. The van der Waals surface area contributed by atoms with E-state index in [9.17, 15) is 5.11 Å². The molecule has 5 nitrogen and oxygen atoms in total. The molecule has 118 valence electrons. The van der Waals surface area contributed by atoms with Gasteiger partial charge < -0.3 is 15.3 Å². The van der Waals surface area contributed by atoms with Crippen molar-refractivity contribution in [2.75, 3.05) is 18.1 Å². The minimum absolute atomic E-state index is 0.260. The summed E-state index contributed by atoms with van der Waals surface area (Å²) < 4.78 is 2.04. The Balaban J connectivity index is 1.81. The molecular weight excluding hydrogens is 264 g/mol. The molecule has 0 unspecified atom stereocenters. The molecule has 0 radical (unpaired) electrons. The molecule has 1 heterocycles. The van der Waals surface area contributed by atoms with Crippen LogP contribution >= 0.6 is 0 Å². The van der Waals surface area contributed by atoms with E-state index in [-0.39, 0.29) is 6.61 Å². The highest BCUT2D eigenvalue weighted by Gasteiger charge is 2.30. The van der Waals surface area contributed by atoms with Crippen LogP contribution in [-0.4, -0.2) is 40.1 Å². The second-order valence-electron chi connectivity index (χ2n) is 6.52. The molecule has 0 saturated heterocycles. The van der Waals surface area contributed by atoms with Gasteiger partial charge in [0, 0.05) is 44.4 Å². The van der Waals surface area contributed by atoms with Crippen molar-refractivity contribution in [2.24, 2.45) is 7.05 Å². The zero-order chi connectivity index (χ0) is 14.8. The lowest BCUT2D eigenvalue weighted by molar-refractivity contribution is 0.282. The van der Waals surface area contributed by atoms with Crippen LogP contribution in [0.2, 0.25) is 0 Å². The Bertz CT molecular complexity index is 477. The van der Waals surface area contributed by atoms with E-state index in [0.29, 0.717) is 12.1 Å². The molecular formula is C16H28N4O. The largest absolute Gasteiger partial charge is 0.396 e. The van der Waals surface area contributed by atoms with Gasteiger partial charge >= 0.3 is 0 Å². The molecule has 5 heteroatoms. The Labute approximate surface area is 127 Å². The molecule has 2 aliphatic carbocycles. The van der Waals surface area contributed by atoms with E-state index in [2.05, 4.69) is 22.2 Å². The number of hydrogen-bond acceptors (Lipinski definition) is 4. The van der Waals surface area contributed by atoms with Gasteiger partial charge in [0.1, 0.15) is 5.82 Å². The van der Waals surface area contributed by atoms with Crippen molar-refractivity contribution >= 4 is 5.82 Å². The highest BCUT2D eigenvalue weighted by molar-refractivity contribution is 5.51. The highest BCUT2D eigenvalue weighted by atomic mass is 16.3. The summed E-state index contributed by atoms with van der Waals surface area (Å²) in [5.41, 5.74) is 2.48. The fourth-order valence-corrected chi connectivity index (χ4v) is 3.19. The summed E-state index contributed by atoms with van der Waals surface area (Å²) in [7, 11) is 2.05. The molecule has 2 N–H and O–H groups in total. The van der Waals surface area contributed by atoms with Crippen molar-refractivity contribution in [2.45, 2.75) is 64.1 Å². The lowest BCUT2D eigenvalue weighted by Gasteiger charge is -2.39. The summed E-state index contributed by atoms with van der Waals surface area (Å²) in [4.78, 5) is 2.49. The van der Waals surface area contributed by atoms with Crippen molar-refractivity contribution in [3.63, 3.8) is 0 Å². The quantitative estimate of drug-likeness (QED) is 0.766. The molecule has 0 spiro atoms. The number of rotatable bonds is 8. The van der Waals surface area contributed by atoms with Crippen LogP contribution in [0.15, 0.2) is 0 Å². The van der Waals surface area contributed by atoms with Gasteiger partial charge in [-0.1, -0.05) is 0 Å². The minimum atomic E-state index is 0.260. The van der Waals surface area contributed by atoms with Gasteiger partial charge in [0.05, 0.1) is 5.69 Å². The first-order valence-corrected chi connectivity index (χ1v) is 8.34. The highest BCUT2D eigenvalue weighted by Crippen LogP contribution is 2.33. The van der Waals surface area contributed by atoms with Gasteiger partial charge in [0.15, 0.2) is 0 Å². The van der Waals surface area contributed by atoms with E-state index in [1.807, 2.05) is 11.7 Å². The number of anilines is 1. The maximum absolute atomic E-state index is 9.20. The van der Waals surface area contributed by atoms with E-state index >= 15 is 0 Å². The van der Waals surface area contributed by atoms with Gasteiger partial charge in [0.2, 0.25) is 0 Å². The van der Waals surface area contributed by atoms with Crippen molar-refractivity contribution in [1.29, 1.82) is 0 Å². The number of aryl methyl sites for hydroxylation is 2. The normalized spacial score (nSPS) is 18.8. The maximum Gasteiger partial charge on any atom is 0.131 e. The fourth-order valence-electron chi connectivity index (χ4n) is 3.19. The van der Waals surface area contributed by atoms with Crippen LogP contribution in [0.25, 0.3) is 0 Å². The standard InChI is InChI=1S/C16H28N4O/c1-12-15(11-17-13-7-8-13)16(19(2)18-12)20(9-4-10-21)14-5-3-6-14/h13-14,17,21H,3-11H2,1-2H3. The SMILES string of the molecule is Cc1nn(C)c(N(CCCO)C2CCC2)c1CNC1CC1. The zero-order valence-corrected chi connectivity index (χ0v) is 13.3. The molecule has 3 rings (SSSR count). The second-order valence-corrected chi connectivity index (χ2v) is 6.52. The molecule has 1 aromatic heterocycles. The number of aliphatic hydroxyl groups excluding tert-OH is 1. The van der Waals surface area contributed by atoms with Crippen LogP contribution in [0.1, 0.15) is 49.8 Å². The summed E-state index contributed by atoms with van der Waals surface area (Å²) in [6, 6.07) is 1.35. The Morgan fingerprint density at radius 3 is 2.67 bits per heavy atom. The Hall–Kier alpha value is -1.07. The van der Waals surface area contributed by atoms with Gasteiger partial charge in [-0.05, 0) is 45.4 Å². The van der Waals surface area contributed by atoms with E-state index in [4.69, 9.17) is 0 Å². The molecule has 2 fully saturated rings. The van der Waals surface area contributed by atoms with Crippen LogP contribution in [0, 0.1) is 6.92 Å². The molecule has 2 aliphatic rings. The summed E-state index contributed by atoms with van der Waals surface area (Å²) >= 11 is 0. The first-order valence-electron chi connectivity index (χ1n) is 8.34. The van der Waals surface area contributed by atoms with Gasteiger partial charge in [-0.15, -0.1) is 0 Å². The average molecular weight is 292 g/mol. The number of aromatic nitrogens is 2. The lowest BCUT2D eigenvalue weighted by Crippen LogP contribution is -2.42. The Kier molecular flexibility index (Phi) is 4.50. The minimum Gasteiger partial charge on any atom is -0.396 e. The average Bonchev–Trinajstić information content (AvgIpc) is 3.17. The second kappa shape index (κ2) is 6.36. The number of hydrogen-bond donors (Lipinski definition) is 2. The van der Waals surface area contributed by atoms with E-state index < -0.39 is 0 Å². The Morgan fingerprint density at radius 1 is 1.33 bits per heavy atom. The summed E-state index contributed by atoms with van der Waals surface area (Å²) in [5, 5.41) is 17.5. The fraction of sp³-hybridized carbons (Fsp3) is 0.812. The molecule has 0 atom stereocenters. The predicted octanol–water partition coefficient (Wildman–Crippen LogP) is 1.72. The van der Waals surface area contributed by atoms with Crippen molar-refractivity contribution in [3.05, 3.63) is 11.3 Å². The Morgan fingerprint density at radius 2 is 2.10 bits per heavy atom. The van der Waals surface area contributed by atoms with Gasteiger partial charge in [-0.25, -0.2) is 0 Å². The molecule has 1 aromatic rings. The third-order valence-corrected chi connectivity index (χ3v) is 4.80.